The Bertz CT molecular complexity index is 427. The van der Waals surface area contributed by atoms with Crippen molar-refractivity contribution in [2.75, 3.05) is 7.05 Å². The first-order valence-electron chi connectivity index (χ1n) is 7.67. The summed E-state index contributed by atoms with van der Waals surface area (Å²) in [6, 6.07) is 0.0180. The maximum atomic E-state index is 12.4. The predicted molar refractivity (Wildman–Crippen MR) is 86.5 cm³/mol. The van der Waals surface area contributed by atoms with Crippen molar-refractivity contribution >= 4 is 18.3 Å². The molecule has 6 heteroatoms. The minimum atomic E-state index is -0.311. The Morgan fingerprint density at radius 3 is 2.43 bits per heavy atom. The monoisotopic (exact) mass is 314 g/mol. The van der Waals surface area contributed by atoms with Gasteiger partial charge in [-0.2, -0.15) is 5.10 Å². The van der Waals surface area contributed by atoms with Crippen molar-refractivity contribution in [1.29, 1.82) is 0 Å². The van der Waals surface area contributed by atoms with Gasteiger partial charge >= 0.3 is 0 Å². The number of carbonyl (C=O) groups excluding carboxylic acids is 1. The molecule has 1 fully saturated rings. The molecule has 1 aromatic heterocycles. The van der Waals surface area contributed by atoms with Crippen molar-refractivity contribution in [3.8, 4) is 0 Å². The highest BCUT2D eigenvalue weighted by atomic mass is 35.5. The van der Waals surface area contributed by atoms with Crippen molar-refractivity contribution in [2.45, 2.75) is 57.0 Å². The first-order chi connectivity index (χ1) is 9.70. The van der Waals surface area contributed by atoms with Crippen LogP contribution in [-0.4, -0.2) is 28.8 Å². The number of hydrogen-bond donors (Lipinski definition) is 2. The molecule has 21 heavy (non-hydrogen) atoms. The molecule has 120 valence electrons. The summed E-state index contributed by atoms with van der Waals surface area (Å²) in [5.74, 6) is 0.0612. The molecule has 1 aromatic rings. The highest BCUT2D eigenvalue weighted by Gasteiger charge is 2.23. The third-order valence-corrected chi connectivity index (χ3v) is 4.06. The summed E-state index contributed by atoms with van der Waals surface area (Å²) in [4.78, 5) is 12.4. The van der Waals surface area contributed by atoms with Crippen molar-refractivity contribution in [2.24, 2.45) is 7.05 Å². The Morgan fingerprint density at radius 1 is 1.29 bits per heavy atom. The minimum absolute atomic E-state index is 0. The fraction of sp³-hybridized carbons (Fsp3) is 0.733. The largest absolute Gasteiger partial charge is 0.352 e. The molecule has 0 radical (unpaired) electrons. The summed E-state index contributed by atoms with van der Waals surface area (Å²) in [7, 11) is 3.68. The standard InChI is InChI=1S/C15H26N4O.ClH/c1-16-14(12-10-17-19(2)11-12)15(20)18-13-8-6-4-3-5-7-9-13;/h10-11,13-14,16H,3-9H2,1-2H3,(H,18,20);1H. The zero-order valence-corrected chi connectivity index (χ0v) is 13.8. The maximum absolute atomic E-state index is 12.4. The number of nitrogens with zero attached hydrogens (tertiary/aromatic N) is 2. The van der Waals surface area contributed by atoms with Gasteiger partial charge in [0.25, 0.3) is 0 Å². The van der Waals surface area contributed by atoms with Crippen molar-refractivity contribution < 1.29 is 4.79 Å². The lowest BCUT2D eigenvalue weighted by atomic mass is 9.96. The van der Waals surface area contributed by atoms with Crippen LogP contribution in [0.5, 0.6) is 0 Å². The van der Waals surface area contributed by atoms with Gasteiger partial charge in [0.2, 0.25) is 5.91 Å². The van der Waals surface area contributed by atoms with Gasteiger partial charge < -0.3 is 10.6 Å². The Balaban J connectivity index is 0.00000220. The lowest BCUT2D eigenvalue weighted by molar-refractivity contribution is -0.124. The van der Waals surface area contributed by atoms with Gasteiger partial charge in [0.1, 0.15) is 6.04 Å². The molecule has 1 amide bonds. The van der Waals surface area contributed by atoms with Crippen LogP contribution in [0.1, 0.15) is 56.6 Å². The molecule has 0 bridgehead atoms. The van der Waals surface area contributed by atoms with E-state index in [2.05, 4.69) is 15.7 Å². The molecule has 0 saturated heterocycles. The van der Waals surface area contributed by atoms with Gasteiger partial charge in [-0.25, -0.2) is 0 Å². The molecule has 2 rings (SSSR count). The first kappa shape index (κ1) is 18.0. The van der Waals surface area contributed by atoms with E-state index < -0.39 is 0 Å². The minimum Gasteiger partial charge on any atom is -0.352 e. The highest BCUT2D eigenvalue weighted by molar-refractivity contribution is 5.85. The molecule has 0 spiro atoms. The zero-order valence-electron chi connectivity index (χ0n) is 13.0. The van der Waals surface area contributed by atoms with Gasteiger partial charge in [-0.3, -0.25) is 9.48 Å². The molecule has 1 aliphatic rings. The van der Waals surface area contributed by atoms with Gasteiger partial charge in [0, 0.05) is 24.8 Å². The first-order valence-corrected chi connectivity index (χ1v) is 7.67. The summed E-state index contributed by atoms with van der Waals surface area (Å²) in [5, 5.41) is 10.4. The van der Waals surface area contributed by atoms with E-state index in [0.717, 1.165) is 18.4 Å². The van der Waals surface area contributed by atoms with Gasteiger partial charge in [0.05, 0.1) is 6.20 Å². The van der Waals surface area contributed by atoms with Gasteiger partial charge in [0.15, 0.2) is 0 Å². The van der Waals surface area contributed by atoms with E-state index in [1.54, 1.807) is 10.9 Å². The number of likely N-dealkylation sites (N-methyl/N-ethyl adjacent to an activating group) is 1. The van der Waals surface area contributed by atoms with E-state index >= 15 is 0 Å². The SMILES string of the molecule is CNC(C(=O)NC1CCCCCCC1)c1cnn(C)c1.Cl. The molecule has 0 aromatic carbocycles. The zero-order chi connectivity index (χ0) is 14.4. The Labute approximate surface area is 133 Å². The third kappa shape index (κ3) is 5.32. The van der Waals surface area contributed by atoms with E-state index in [4.69, 9.17) is 0 Å². The van der Waals surface area contributed by atoms with Crippen LogP contribution in [0.2, 0.25) is 0 Å². The second kappa shape index (κ2) is 9.05. The van der Waals surface area contributed by atoms with Crippen molar-refractivity contribution in [3.63, 3.8) is 0 Å². The van der Waals surface area contributed by atoms with Crippen molar-refractivity contribution in [3.05, 3.63) is 18.0 Å². The molecule has 1 saturated carbocycles. The van der Waals surface area contributed by atoms with Crippen LogP contribution in [0.4, 0.5) is 0 Å². The molecular formula is C15H27ClN4O. The summed E-state index contributed by atoms with van der Waals surface area (Å²) in [5.41, 5.74) is 0.915. The van der Waals surface area contributed by atoms with E-state index in [1.807, 2.05) is 20.3 Å². The number of carbonyl (C=O) groups is 1. The maximum Gasteiger partial charge on any atom is 0.242 e. The predicted octanol–water partition coefficient (Wildman–Crippen LogP) is 2.33. The lowest BCUT2D eigenvalue weighted by Gasteiger charge is -2.23. The normalized spacial score (nSPS) is 18.2. The van der Waals surface area contributed by atoms with E-state index in [9.17, 15) is 4.79 Å². The number of halogens is 1. The van der Waals surface area contributed by atoms with Crippen LogP contribution in [0.25, 0.3) is 0 Å². The molecular weight excluding hydrogens is 288 g/mol. The van der Waals surface area contributed by atoms with Crippen LogP contribution in [0.15, 0.2) is 12.4 Å². The van der Waals surface area contributed by atoms with E-state index in [1.165, 1.54) is 32.1 Å². The number of aromatic nitrogens is 2. The molecule has 1 unspecified atom stereocenters. The van der Waals surface area contributed by atoms with Crippen LogP contribution in [-0.2, 0) is 11.8 Å². The van der Waals surface area contributed by atoms with Crippen LogP contribution < -0.4 is 10.6 Å². The Hall–Kier alpha value is -1.07. The average molecular weight is 315 g/mol. The number of nitrogens with one attached hydrogen (secondary N) is 2. The molecule has 1 atom stereocenters. The van der Waals surface area contributed by atoms with Gasteiger partial charge in [-0.1, -0.05) is 32.1 Å². The quantitative estimate of drug-likeness (QED) is 0.896. The molecule has 5 nitrogen and oxygen atoms in total. The molecule has 1 aliphatic carbocycles. The number of rotatable bonds is 4. The van der Waals surface area contributed by atoms with Crippen LogP contribution >= 0.6 is 12.4 Å². The topological polar surface area (TPSA) is 59.0 Å². The Morgan fingerprint density at radius 2 is 1.90 bits per heavy atom. The fourth-order valence-corrected chi connectivity index (χ4v) is 2.92. The molecule has 0 aliphatic heterocycles. The average Bonchev–Trinajstić information content (AvgIpc) is 2.80. The fourth-order valence-electron chi connectivity index (χ4n) is 2.92. The second-order valence-electron chi connectivity index (χ2n) is 5.72. The smallest absolute Gasteiger partial charge is 0.242 e. The van der Waals surface area contributed by atoms with Crippen LogP contribution in [0.3, 0.4) is 0 Å². The highest BCUT2D eigenvalue weighted by Crippen LogP contribution is 2.18. The molecule has 2 N–H and O–H groups in total. The Kier molecular flexibility index (Phi) is 7.75. The third-order valence-electron chi connectivity index (χ3n) is 4.06. The number of aryl methyl sites for hydroxylation is 1. The van der Waals surface area contributed by atoms with Crippen molar-refractivity contribution in [1.82, 2.24) is 20.4 Å². The number of amides is 1. The summed E-state index contributed by atoms with van der Waals surface area (Å²) < 4.78 is 1.72. The summed E-state index contributed by atoms with van der Waals surface area (Å²) in [6.07, 6.45) is 12.2. The number of hydrogen-bond acceptors (Lipinski definition) is 3. The van der Waals surface area contributed by atoms with Gasteiger partial charge in [-0.15, -0.1) is 12.4 Å². The lowest BCUT2D eigenvalue weighted by Crippen LogP contribution is -2.42. The van der Waals surface area contributed by atoms with Gasteiger partial charge in [-0.05, 0) is 19.9 Å². The van der Waals surface area contributed by atoms with E-state index in [-0.39, 0.29) is 24.4 Å². The van der Waals surface area contributed by atoms with E-state index in [0.29, 0.717) is 6.04 Å². The molecule has 1 heterocycles. The van der Waals surface area contributed by atoms with Crippen LogP contribution in [0, 0.1) is 0 Å². The summed E-state index contributed by atoms with van der Waals surface area (Å²) >= 11 is 0. The second-order valence-corrected chi connectivity index (χ2v) is 5.72. The summed E-state index contributed by atoms with van der Waals surface area (Å²) in [6.45, 7) is 0.